The number of fused-ring (bicyclic) bond motifs is 1. The largest absolute Gasteiger partial charge is 0.314 e. The summed E-state index contributed by atoms with van der Waals surface area (Å²) in [6.07, 6.45) is 0. The van der Waals surface area contributed by atoms with Gasteiger partial charge in [-0.15, -0.1) is 0 Å². The Kier molecular flexibility index (Phi) is 2.65. The van der Waals surface area contributed by atoms with E-state index >= 15 is 0 Å². The third-order valence-corrected chi connectivity index (χ3v) is 3.35. The topological polar surface area (TPSA) is 15.3 Å². The highest BCUT2D eigenvalue weighted by atomic mass is 32.2. The molecule has 0 amide bonds. The van der Waals surface area contributed by atoms with Gasteiger partial charge < -0.3 is 4.72 Å². The fourth-order valence-electron chi connectivity index (χ4n) is 1.41. The molecule has 2 rings (SSSR count). The molecule has 14 heavy (non-hydrogen) atoms. The predicted molar refractivity (Wildman–Crippen MR) is 58.3 cm³/mol. The van der Waals surface area contributed by atoms with Crippen LogP contribution in [0.5, 0.6) is 0 Å². The zero-order valence-corrected chi connectivity index (χ0v) is 9.07. The van der Waals surface area contributed by atoms with Crippen molar-refractivity contribution < 1.29 is 4.39 Å². The Morgan fingerprint density at radius 1 is 1.50 bits per heavy atom. The Labute approximate surface area is 87.8 Å². The van der Waals surface area contributed by atoms with Gasteiger partial charge in [-0.3, -0.25) is 0 Å². The molecule has 0 aromatic heterocycles. The van der Waals surface area contributed by atoms with E-state index in [0.29, 0.717) is 11.7 Å². The van der Waals surface area contributed by atoms with Gasteiger partial charge in [-0.2, -0.15) is 0 Å². The number of hydrogen-bond acceptors (Lipinski definition) is 3. The average molecular weight is 212 g/mol. The molecule has 0 aliphatic carbocycles. The molecule has 2 nitrogen and oxygen atoms in total. The van der Waals surface area contributed by atoms with Crippen molar-refractivity contribution in [2.75, 3.05) is 4.72 Å². The molecule has 1 aromatic carbocycles. The molecule has 0 saturated heterocycles. The smallest absolute Gasteiger partial charge is 0.147 e. The predicted octanol–water partition coefficient (Wildman–Crippen LogP) is 3.02. The molecule has 1 aliphatic rings. The van der Waals surface area contributed by atoms with E-state index < -0.39 is 0 Å². The van der Waals surface area contributed by atoms with Gasteiger partial charge in [-0.25, -0.2) is 8.70 Å². The third-order valence-electron chi connectivity index (χ3n) is 2.27. The standard InChI is InChI=1S/C10H13FN2S/c1-7(2)13-6-8-4-3-5-9(11)10(8)12-14-13/h3-5,7,12H,6H2,1-2H3. The average Bonchev–Trinajstić information content (AvgIpc) is 2.17. The normalized spacial score (nSPS) is 16.6. The molecular formula is C10H13FN2S. The lowest BCUT2D eigenvalue weighted by Crippen LogP contribution is -2.28. The van der Waals surface area contributed by atoms with Crippen LogP contribution in [-0.2, 0) is 6.54 Å². The lowest BCUT2D eigenvalue weighted by molar-refractivity contribution is 0.388. The van der Waals surface area contributed by atoms with Gasteiger partial charge in [0.2, 0.25) is 0 Å². The minimum atomic E-state index is -0.168. The first-order valence-electron chi connectivity index (χ1n) is 4.65. The summed E-state index contributed by atoms with van der Waals surface area (Å²) in [6.45, 7) is 5.04. The number of rotatable bonds is 1. The van der Waals surface area contributed by atoms with Crippen LogP contribution in [0, 0.1) is 5.82 Å². The van der Waals surface area contributed by atoms with E-state index in [9.17, 15) is 4.39 Å². The Bertz CT molecular complexity index is 341. The van der Waals surface area contributed by atoms with Crippen molar-refractivity contribution in [3.05, 3.63) is 29.6 Å². The Morgan fingerprint density at radius 3 is 3.00 bits per heavy atom. The Morgan fingerprint density at radius 2 is 2.29 bits per heavy atom. The molecule has 0 fully saturated rings. The lowest BCUT2D eigenvalue weighted by Gasteiger charge is -2.30. The van der Waals surface area contributed by atoms with Crippen LogP contribution in [0.2, 0.25) is 0 Å². The first-order valence-corrected chi connectivity index (χ1v) is 5.43. The maximum Gasteiger partial charge on any atom is 0.147 e. The van der Waals surface area contributed by atoms with Crippen molar-refractivity contribution in [1.82, 2.24) is 4.31 Å². The zero-order chi connectivity index (χ0) is 10.1. The fourth-order valence-corrected chi connectivity index (χ4v) is 2.26. The number of anilines is 1. The van der Waals surface area contributed by atoms with Crippen LogP contribution in [0.15, 0.2) is 18.2 Å². The number of benzene rings is 1. The van der Waals surface area contributed by atoms with Gasteiger partial charge in [0.25, 0.3) is 0 Å². The number of para-hydroxylation sites is 1. The Hall–Kier alpha value is -0.740. The van der Waals surface area contributed by atoms with E-state index in [1.54, 1.807) is 6.07 Å². The van der Waals surface area contributed by atoms with Gasteiger partial charge in [0.05, 0.1) is 5.69 Å². The summed E-state index contributed by atoms with van der Waals surface area (Å²) in [5.41, 5.74) is 1.66. The highest BCUT2D eigenvalue weighted by Crippen LogP contribution is 2.32. The molecule has 0 spiro atoms. The molecular weight excluding hydrogens is 199 g/mol. The van der Waals surface area contributed by atoms with Gasteiger partial charge in [0.1, 0.15) is 5.82 Å². The minimum Gasteiger partial charge on any atom is -0.314 e. The van der Waals surface area contributed by atoms with Gasteiger partial charge >= 0.3 is 0 Å². The van der Waals surface area contributed by atoms with Gasteiger partial charge in [0, 0.05) is 24.7 Å². The van der Waals surface area contributed by atoms with Gasteiger partial charge in [-0.1, -0.05) is 12.1 Å². The van der Waals surface area contributed by atoms with E-state index in [-0.39, 0.29) is 5.82 Å². The van der Waals surface area contributed by atoms with Crippen molar-refractivity contribution in [2.45, 2.75) is 26.4 Å². The number of nitrogens with zero attached hydrogens (tertiary/aromatic N) is 1. The molecule has 0 bridgehead atoms. The molecule has 4 heteroatoms. The van der Waals surface area contributed by atoms with Crippen LogP contribution in [0.3, 0.4) is 0 Å². The van der Waals surface area contributed by atoms with E-state index in [1.165, 1.54) is 18.2 Å². The van der Waals surface area contributed by atoms with Crippen molar-refractivity contribution in [3.8, 4) is 0 Å². The summed E-state index contributed by atoms with van der Waals surface area (Å²) in [5, 5.41) is 0. The summed E-state index contributed by atoms with van der Waals surface area (Å²) in [7, 11) is 0. The summed E-state index contributed by atoms with van der Waals surface area (Å²) in [5.74, 6) is -0.168. The van der Waals surface area contributed by atoms with E-state index in [1.807, 2.05) is 6.07 Å². The zero-order valence-electron chi connectivity index (χ0n) is 8.25. The molecule has 0 radical (unpaired) electrons. The van der Waals surface area contributed by atoms with E-state index in [4.69, 9.17) is 0 Å². The minimum absolute atomic E-state index is 0.168. The second-order valence-corrected chi connectivity index (χ2v) is 4.49. The highest BCUT2D eigenvalue weighted by molar-refractivity contribution is 7.98. The maximum atomic E-state index is 13.3. The van der Waals surface area contributed by atoms with E-state index in [2.05, 4.69) is 22.9 Å². The summed E-state index contributed by atoms with van der Waals surface area (Å²) >= 11 is 1.47. The number of halogens is 1. The fraction of sp³-hybridized carbons (Fsp3) is 0.400. The molecule has 0 atom stereocenters. The van der Waals surface area contributed by atoms with Crippen molar-refractivity contribution in [3.63, 3.8) is 0 Å². The van der Waals surface area contributed by atoms with Crippen LogP contribution >= 0.6 is 12.1 Å². The second-order valence-electron chi connectivity index (χ2n) is 3.64. The first kappa shape index (κ1) is 9.80. The van der Waals surface area contributed by atoms with Gasteiger partial charge in [0.15, 0.2) is 0 Å². The third kappa shape index (κ3) is 1.72. The van der Waals surface area contributed by atoms with Crippen LogP contribution in [-0.4, -0.2) is 10.3 Å². The summed E-state index contributed by atoms with van der Waals surface area (Å²) in [6, 6.07) is 5.64. The molecule has 1 aliphatic heterocycles. The monoisotopic (exact) mass is 212 g/mol. The highest BCUT2D eigenvalue weighted by Gasteiger charge is 2.20. The Balaban J connectivity index is 2.27. The van der Waals surface area contributed by atoms with Crippen molar-refractivity contribution >= 4 is 17.8 Å². The van der Waals surface area contributed by atoms with Crippen LogP contribution in [0.4, 0.5) is 10.1 Å². The molecule has 76 valence electrons. The van der Waals surface area contributed by atoms with E-state index in [0.717, 1.165) is 12.1 Å². The van der Waals surface area contributed by atoms with Crippen molar-refractivity contribution in [2.24, 2.45) is 0 Å². The maximum absolute atomic E-state index is 13.3. The number of nitrogens with one attached hydrogen (secondary N) is 1. The summed E-state index contributed by atoms with van der Waals surface area (Å²) in [4.78, 5) is 0. The van der Waals surface area contributed by atoms with Gasteiger partial charge in [-0.05, 0) is 25.5 Å². The van der Waals surface area contributed by atoms with Crippen LogP contribution in [0.1, 0.15) is 19.4 Å². The van der Waals surface area contributed by atoms with Crippen LogP contribution < -0.4 is 4.72 Å². The molecule has 0 unspecified atom stereocenters. The van der Waals surface area contributed by atoms with Crippen molar-refractivity contribution in [1.29, 1.82) is 0 Å². The molecule has 0 saturated carbocycles. The first-order chi connectivity index (χ1) is 6.68. The molecule has 1 N–H and O–H groups in total. The quantitative estimate of drug-likeness (QED) is 0.720. The SMILES string of the molecule is CC(C)N1Cc2cccc(F)c2NS1. The summed E-state index contributed by atoms with van der Waals surface area (Å²) < 4.78 is 18.5. The molecule has 1 heterocycles. The van der Waals surface area contributed by atoms with Crippen LogP contribution in [0.25, 0.3) is 0 Å². The second kappa shape index (κ2) is 3.79. The molecule has 1 aromatic rings. The lowest BCUT2D eigenvalue weighted by atomic mass is 10.1. The number of hydrogen-bond donors (Lipinski definition) is 1.